The molecule has 1 aliphatic heterocycles. The molecule has 0 aliphatic carbocycles. The third-order valence-corrected chi connectivity index (χ3v) is 5.22. The molecule has 2 heterocycles. The molecular weight excluding hydrogens is 284 g/mol. The molecule has 1 N–H and O–H groups in total. The summed E-state index contributed by atoms with van der Waals surface area (Å²) in [4.78, 5) is 17.1. The van der Waals surface area contributed by atoms with E-state index >= 15 is 0 Å². The van der Waals surface area contributed by atoms with Gasteiger partial charge in [0.25, 0.3) is 0 Å². The van der Waals surface area contributed by atoms with Crippen LogP contribution >= 0.6 is 11.3 Å². The summed E-state index contributed by atoms with van der Waals surface area (Å²) in [5, 5.41) is 11.8. The van der Waals surface area contributed by atoms with Crippen molar-refractivity contribution < 1.29 is 14.8 Å². The zero-order valence-electron chi connectivity index (χ0n) is 12.0. The number of fused-ring (bicyclic) bond motifs is 1. The number of hydrogen-bond acceptors (Lipinski definition) is 4. The Balaban J connectivity index is 1.62. The zero-order chi connectivity index (χ0) is 14.8. The lowest BCUT2D eigenvalue weighted by molar-refractivity contribution is -0.915. The first-order valence-corrected chi connectivity index (χ1v) is 8.03. The number of carbonyl (C=O) groups is 1. The molecule has 1 aliphatic rings. The van der Waals surface area contributed by atoms with Crippen molar-refractivity contribution in [1.29, 1.82) is 0 Å². The van der Waals surface area contributed by atoms with Gasteiger partial charge in [0.05, 0.1) is 34.6 Å². The first kappa shape index (κ1) is 14.2. The number of quaternary nitrogens is 1. The Bertz CT molecular complexity index is 666. The van der Waals surface area contributed by atoms with Gasteiger partial charge in [0.15, 0.2) is 0 Å². The van der Waals surface area contributed by atoms with Crippen molar-refractivity contribution in [3.8, 4) is 0 Å². The van der Waals surface area contributed by atoms with E-state index in [-0.39, 0.29) is 4.88 Å². The molecule has 0 saturated heterocycles. The smallest absolute Gasteiger partial charge is 0.103 e. The zero-order valence-corrected chi connectivity index (χ0v) is 12.8. The molecule has 5 heteroatoms. The van der Waals surface area contributed by atoms with Gasteiger partial charge in [-0.25, -0.2) is 4.98 Å². The molecule has 3 rings (SSSR count). The van der Waals surface area contributed by atoms with Crippen LogP contribution in [0.3, 0.4) is 0 Å². The summed E-state index contributed by atoms with van der Waals surface area (Å²) >= 11 is 1.26. The second-order valence-corrected chi connectivity index (χ2v) is 6.59. The lowest BCUT2D eigenvalue weighted by atomic mass is 10.00. The number of benzene rings is 1. The van der Waals surface area contributed by atoms with Crippen LogP contribution in [0.5, 0.6) is 0 Å². The Morgan fingerprint density at radius 3 is 2.86 bits per heavy atom. The number of nitrogens with zero attached hydrogens (tertiary/aromatic N) is 1. The molecule has 1 atom stereocenters. The van der Waals surface area contributed by atoms with Crippen molar-refractivity contribution in [2.75, 3.05) is 13.1 Å². The van der Waals surface area contributed by atoms with Gasteiger partial charge < -0.3 is 14.8 Å². The number of aryl methyl sites for hydroxylation is 1. The van der Waals surface area contributed by atoms with E-state index < -0.39 is 5.97 Å². The maximum Gasteiger partial charge on any atom is 0.103 e. The molecule has 0 saturated carbocycles. The van der Waals surface area contributed by atoms with Crippen molar-refractivity contribution in [1.82, 2.24) is 4.98 Å². The van der Waals surface area contributed by atoms with E-state index in [9.17, 15) is 9.90 Å². The number of thiazole rings is 1. The lowest BCUT2D eigenvalue weighted by Crippen LogP contribution is -3.12. The second-order valence-electron chi connectivity index (χ2n) is 5.51. The maximum absolute atomic E-state index is 10.9. The fourth-order valence-electron chi connectivity index (χ4n) is 2.89. The molecule has 0 fully saturated rings. The minimum Gasteiger partial charge on any atom is -0.544 e. The Hall–Kier alpha value is -1.72. The van der Waals surface area contributed by atoms with E-state index in [4.69, 9.17) is 0 Å². The van der Waals surface area contributed by atoms with Crippen LogP contribution in [0.2, 0.25) is 0 Å². The molecule has 0 amide bonds. The Kier molecular flexibility index (Phi) is 4.03. The number of carboxylic acid groups (broad SMARTS) is 1. The predicted octanol–water partition coefficient (Wildman–Crippen LogP) is -0.00128. The summed E-state index contributed by atoms with van der Waals surface area (Å²) in [7, 11) is 0. The predicted molar refractivity (Wildman–Crippen MR) is 79.4 cm³/mol. The molecular formula is C16H18N2O2S. The van der Waals surface area contributed by atoms with E-state index in [2.05, 4.69) is 29.2 Å². The van der Waals surface area contributed by atoms with E-state index in [0.717, 1.165) is 37.5 Å². The third kappa shape index (κ3) is 3.14. The number of nitrogens with one attached hydrogen (secondary N) is 1. The molecule has 1 aromatic heterocycles. The van der Waals surface area contributed by atoms with Gasteiger partial charge in [0.1, 0.15) is 6.54 Å². The number of aromatic nitrogens is 1. The van der Waals surface area contributed by atoms with Crippen molar-refractivity contribution in [2.45, 2.75) is 26.3 Å². The normalized spacial score (nSPS) is 17.5. The van der Waals surface area contributed by atoms with Crippen molar-refractivity contribution in [2.24, 2.45) is 0 Å². The highest BCUT2D eigenvalue weighted by Gasteiger charge is 2.19. The van der Waals surface area contributed by atoms with E-state index in [1.165, 1.54) is 27.4 Å². The SMILES string of the molecule is Cc1nc(CC[NH+]2CCc3ccccc3C2)sc1C(=O)[O-]. The molecule has 1 unspecified atom stereocenters. The molecule has 0 spiro atoms. The summed E-state index contributed by atoms with van der Waals surface area (Å²) in [6, 6.07) is 8.61. The van der Waals surface area contributed by atoms with Crippen LogP contribution in [-0.4, -0.2) is 24.0 Å². The Labute approximate surface area is 128 Å². The molecule has 0 bridgehead atoms. The Morgan fingerprint density at radius 1 is 1.38 bits per heavy atom. The summed E-state index contributed by atoms with van der Waals surface area (Å²) < 4.78 is 0. The Morgan fingerprint density at radius 2 is 2.14 bits per heavy atom. The molecule has 1 aromatic carbocycles. The molecule has 110 valence electrons. The lowest BCUT2D eigenvalue weighted by Gasteiger charge is -2.25. The van der Waals surface area contributed by atoms with E-state index in [0.29, 0.717) is 5.69 Å². The van der Waals surface area contributed by atoms with E-state index in [1.54, 1.807) is 6.92 Å². The third-order valence-electron chi connectivity index (χ3n) is 4.03. The van der Waals surface area contributed by atoms with Crippen LogP contribution in [0.15, 0.2) is 24.3 Å². The monoisotopic (exact) mass is 302 g/mol. The van der Waals surface area contributed by atoms with Crippen molar-refractivity contribution in [3.63, 3.8) is 0 Å². The average Bonchev–Trinajstić information content (AvgIpc) is 2.86. The molecule has 21 heavy (non-hydrogen) atoms. The second kappa shape index (κ2) is 5.95. The summed E-state index contributed by atoms with van der Waals surface area (Å²) in [6.07, 6.45) is 1.95. The topological polar surface area (TPSA) is 57.5 Å². The van der Waals surface area contributed by atoms with Gasteiger partial charge in [0, 0.05) is 18.4 Å². The minimum atomic E-state index is -1.12. The van der Waals surface area contributed by atoms with Crippen molar-refractivity contribution >= 4 is 17.3 Å². The maximum atomic E-state index is 10.9. The number of carboxylic acids is 1. The number of rotatable bonds is 4. The summed E-state index contributed by atoms with van der Waals surface area (Å²) in [5.74, 6) is -1.12. The largest absolute Gasteiger partial charge is 0.544 e. The van der Waals surface area contributed by atoms with Gasteiger partial charge >= 0.3 is 0 Å². The molecule has 4 nitrogen and oxygen atoms in total. The molecule has 0 radical (unpaired) electrons. The van der Waals surface area contributed by atoms with E-state index in [1.807, 2.05) is 0 Å². The van der Waals surface area contributed by atoms with Gasteiger partial charge in [-0.15, -0.1) is 11.3 Å². The quantitative estimate of drug-likeness (QED) is 0.865. The fourth-order valence-corrected chi connectivity index (χ4v) is 3.79. The number of hydrogen-bond donors (Lipinski definition) is 1. The fraction of sp³-hybridized carbons (Fsp3) is 0.375. The van der Waals surface area contributed by atoms with Crippen LogP contribution in [-0.2, 0) is 19.4 Å². The number of aromatic carboxylic acids is 1. The van der Waals surface area contributed by atoms with Gasteiger partial charge in [0.2, 0.25) is 0 Å². The highest BCUT2D eigenvalue weighted by atomic mass is 32.1. The summed E-state index contributed by atoms with van der Waals surface area (Å²) in [6.45, 7) is 4.91. The van der Waals surface area contributed by atoms with Gasteiger partial charge in [-0.2, -0.15) is 0 Å². The van der Waals surface area contributed by atoms with Gasteiger partial charge in [-0.1, -0.05) is 24.3 Å². The standard InChI is InChI=1S/C16H18N2O2S/c1-11-15(16(19)20)21-14(17-11)7-9-18-8-6-12-4-2-3-5-13(12)10-18/h2-5H,6-10H2,1H3,(H,19,20). The minimum absolute atomic E-state index is 0.268. The van der Waals surface area contributed by atoms with Crippen LogP contribution in [0.25, 0.3) is 0 Å². The van der Waals surface area contributed by atoms with Crippen LogP contribution in [0.1, 0.15) is 31.5 Å². The number of carbonyl (C=O) groups excluding carboxylic acids is 1. The van der Waals surface area contributed by atoms with Crippen LogP contribution in [0.4, 0.5) is 0 Å². The average molecular weight is 302 g/mol. The van der Waals surface area contributed by atoms with Crippen LogP contribution in [0, 0.1) is 6.92 Å². The van der Waals surface area contributed by atoms with Crippen LogP contribution < -0.4 is 10.0 Å². The summed E-state index contributed by atoms with van der Waals surface area (Å²) in [5.41, 5.74) is 3.48. The first-order valence-electron chi connectivity index (χ1n) is 7.21. The first-order chi connectivity index (χ1) is 10.1. The van der Waals surface area contributed by atoms with Crippen molar-refractivity contribution in [3.05, 3.63) is 51.0 Å². The van der Waals surface area contributed by atoms with Gasteiger partial charge in [-0.3, -0.25) is 0 Å². The highest BCUT2D eigenvalue weighted by Crippen LogP contribution is 2.17. The van der Waals surface area contributed by atoms with Gasteiger partial charge in [-0.05, 0) is 12.5 Å². The highest BCUT2D eigenvalue weighted by molar-refractivity contribution is 7.13. The molecule has 2 aromatic rings.